The zero-order valence-corrected chi connectivity index (χ0v) is 16.3. The minimum absolute atomic E-state index is 0.00868. The van der Waals surface area contributed by atoms with Crippen LogP contribution >= 0.6 is 0 Å². The van der Waals surface area contributed by atoms with Gasteiger partial charge >= 0.3 is 0 Å². The van der Waals surface area contributed by atoms with Crippen LogP contribution < -0.4 is 10.6 Å². The molecule has 142 valence electrons. The Labute approximate surface area is 150 Å². The van der Waals surface area contributed by atoms with E-state index in [1.54, 1.807) is 19.1 Å². The molecule has 0 aliphatic heterocycles. The van der Waals surface area contributed by atoms with Crippen molar-refractivity contribution in [2.45, 2.75) is 34.2 Å². The van der Waals surface area contributed by atoms with E-state index in [1.807, 2.05) is 20.8 Å². The number of aliphatic imine (C=N–C) groups is 1. The van der Waals surface area contributed by atoms with Crippen molar-refractivity contribution in [1.82, 2.24) is 14.9 Å². The maximum absolute atomic E-state index is 13.3. The molecule has 1 aromatic rings. The lowest BCUT2D eigenvalue weighted by molar-refractivity contribution is 0.445. The van der Waals surface area contributed by atoms with Crippen LogP contribution in [0.15, 0.2) is 23.2 Å². The predicted molar refractivity (Wildman–Crippen MR) is 101 cm³/mol. The molecule has 0 unspecified atom stereocenters. The second-order valence-corrected chi connectivity index (χ2v) is 7.69. The van der Waals surface area contributed by atoms with Gasteiger partial charge in [0.05, 0.1) is 12.3 Å². The first-order valence-corrected chi connectivity index (χ1v) is 10.2. The van der Waals surface area contributed by atoms with Crippen LogP contribution in [-0.4, -0.2) is 50.6 Å². The van der Waals surface area contributed by atoms with Crippen molar-refractivity contribution in [2.24, 2.45) is 4.99 Å². The van der Waals surface area contributed by atoms with Crippen LogP contribution in [0.3, 0.4) is 0 Å². The Balaban J connectivity index is 2.65. The third-order valence-electron chi connectivity index (χ3n) is 3.74. The Morgan fingerprint density at radius 1 is 1.20 bits per heavy atom. The second-order valence-electron chi connectivity index (χ2n) is 5.61. The Bertz CT molecular complexity index is 673. The topological polar surface area (TPSA) is 73.8 Å². The van der Waals surface area contributed by atoms with E-state index < -0.39 is 10.0 Å². The van der Waals surface area contributed by atoms with Crippen molar-refractivity contribution >= 4 is 16.0 Å². The number of nitrogens with one attached hydrogen (secondary N) is 2. The van der Waals surface area contributed by atoms with E-state index >= 15 is 0 Å². The molecule has 0 atom stereocenters. The lowest BCUT2D eigenvalue weighted by Gasteiger charge is -2.19. The van der Waals surface area contributed by atoms with Crippen LogP contribution in [0, 0.1) is 12.7 Å². The summed E-state index contributed by atoms with van der Waals surface area (Å²) in [7, 11) is -3.26. The zero-order valence-electron chi connectivity index (χ0n) is 15.5. The summed E-state index contributed by atoms with van der Waals surface area (Å²) >= 11 is 0. The van der Waals surface area contributed by atoms with Crippen molar-refractivity contribution in [3.63, 3.8) is 0 Å². The fourth-order valence-electron chi connectivity index (χ4n) is 2.36. The van der Waals surface area contributed by atoms with Crippen molar-refractivity contribution < 1.29 is 12.8 Å². The summed E-state index contributed by atoms with van der Waals surface area (Å²) < 4.78 is 39.1. The van der Waals surface area contributed by atoms with Gasteiger partial charge in [0.1, 0.15) is 5.82 Å². The van der Waals surface area contributed by atoms with E-state index in [4.69, 9.17) is 0 Å². The van der Waals surface area contributed by atoms with Gasteiger partial charge in [0.2, 0.25) is 10.0 Å². The van der Waals surface area contributed by atoms with Crippen LogP contribution in [0.4, 0.5) is 4.39 Å². The van der Waals surface area contributed by atoms with Crippen molar-refractivity contribution in [2.75, 3.05) is 31.9 Å². The minimum atomic E-state index is -3.26. The highest BCUT2D eigenvalue weighted by molar-refractivity contribution is 7.89. The molecular weight excluding hydrogens is 343 g/mol. The van der Waals surface area contributed by atoms with E-state index in [0.29, 0.717) is 37.7 Å². The molecule has 0 bridgehead atoms. The Kier molecular flexibility index (Phi) is 8.85. The number of rotatable bonds is 9. The molecule has 0 saturated heterocycles. The van der Waals surface area contributed by atoms with Crippen LogP contribution in [0.2, 0.25) is 0 Å². The van der Waals surface area contributed by atoms with Crippen molar-refractivity contribution in [3.05, 3.63) is 35.1 Å². The van der Waals surface area contributed by atoms with E-state index in [-0.39, 0.29) is 18.1 Å². The molecule has 0 aliphatic rings. The summed E-state index contributed by atoms with van der Waals surface area (Å²) in [6.07, 6.45) is 0. The van der Waals surface area contributed by atoms with Gasteiger partial charge in [0, 0.05) is 26.2 Å². The average molecular weight is 373 g/mol. The zero-order chi connectivity index (χ0) is 18.9. The Hall–Kier alpha value is -1.67. The summed E-state index contributed by atoms with van der Waals surface area (Å²) in [6, 6.07) is 4.88. The fraction of sp³-hybridized carbons (Fsp3) is 0.588. The first-order chi connectivity index (χ1) is 11.8. The smallest absolute Gasteiger partial charge is 0.215 e. The number of hydrogen-bond donors (Lipinski definition) is 2. The number of guanidine groups is 1. The summed E-state index contributed by atoms with van der Waals surface area (Å²) in [4.78, 5) is 4.42. The Morgan fingerprint density at radius 3 is 2.44 bits per heavy atom. The molecule has 1 rings (SSSR count). The molecule has 0 radical (unpaired) electrons. The average Bonchev–Trinajstić information content (AvgIpc) is 2.56. The summed E-state index contributed by atoms with van der Waals surface area (Å²) in [5.74, 6) is 0.313. The third-order valence-corrected chi connectivity index (χ3v) is 5.76. The van der Waals surface area contributed by atoms with Gasteiger partial charge in [0.25, 0.3) is 0 Å². The first-order valence-electron chi connectivity index (χ1n) is 8.59. The molecule has 1 aromatic carbocycles. The molecule has 0 heterocycles. The molecule has 0 amide bonds. The summed E-state index contributed by atoms with van der Waals surface area (Å²) in [6.45, 7) is 9.56. The van der Waals surface area contributed by atoms with Gasteiger partial charge in [-0.3, -0.25) is 0 Å². The standard InChI is InChI=1S/C17H29FN4O2S/c1-5-19-17(20-10-11-25(23,24)22(6-2)7-3)21-13-15-8-9-16(18)14(4)12-15/h8-9,12H,5-7,10-11,13H2,1-4H3,(H2,19,20,21). The van der Waals surface area contributed by atoms with Gasteiger partial charge in [-0.05, 0) is 31.0 Å². The van der Waals surface area contributed by atoms with E-state index in [1.165, 1.54) is 10.4 Å². The monoisotopic (exact) mass is 372 g/mol. The number of halogens is 1. The van der Waals surface area contributed by atoms with Gasteiger partial charge in [-0.25, -0.2) is 22.1 Å². The predicted octanol–water partition coefficient (Wildman–Crippen LogP) is 1.86. The normalized spacial score (nSPS) is 12.5. The van der Waals surface area contributed by atoms with Crippen LogP contribution in [0.5, 0.6) is 0 Å². The molecule has 25 heavy (non-hydrogen) atoms. The van der Waals surface area contributed by atoms with Crippen molar-refractivity contribution in [1.29, 1.82) is 0 Å². The third kappa shape index (κ3) is 6.99. The van der Waals surface area contributed by atoms with Gasteiger partial charge in [-0.1, -0.05) is 26.0 Å². The number of benzene rings is 1. The van der Waals surface area contributed by atoms with Crippen LogP contribution in [0.1, 0.15) is 31.9 Å². The highest BCUT2D eigenvalue weighted by atomic mass is 32.2. The molecule has 2 N–H and O–H groups in total. The van der Waals surface area contributed by atoms with E-state index in [2.05, 4.69) is 15.6 Å². The molecule has 6 nitrogen and oxygen atoms in total. The molecule has 0 spiro atoms. The lowest BCUT2D eigenvalue weighted by Crippen LogP contribution is -2.42. The van der Waals surface area contributed by atoms with E-state index in [9.17, 15) is 12.8 Å². The lowest BCUT2D eigenvalue weighted by atomic mass is 10.1. The minimum Gasteiger partial charge on any atom is -0.357 e. The molecular formula is C17H29FN4O2S. The highest BCUT2D eigenvalue weighted by Crippen LogP contribution is 2.10. The maximum Gasteiger partial charge on any atom is 0.215 e. The fourth-order valence-corrected chi connectivity index (χ4v) is 3.77. The van der Waals surface area contributed by atoms with Crippen LogP contribution in [0.25, 0.3) is 0 Å². The van der Waals surface area contributed by atoms with Gasteiger partial charge in [-0.15, -0.1) is 0 Å². The van der Waals surface area contributed by atoms with Crippen LogP contribution in [-0.2, 0) is 16.6 Å². The molecule has 0 aliphatic carbocycles. The van der Waals surface area contributed by atoms with Crippen molar-refractivity contribution in [3.8, 4) is 0 Å². The highest BCUT2D eigenvalue weighted by Gasteiger charge is 2.18. The summed E-state index contributed by atoms with van der Waals surface area (Å²) in [5, 5.41) is 6.11. The molecule has 0 aromatic heterocycles. The van der Waals surface area contributed by atoms with Gasteiger partial charge in [0.15, 0.2) is 5.96 Å². The first kappa shape index (κ1) is 21.4. The number of aryl methyl sites for hydroxylation is 1. The van der Waals surface area contributed by atoms with Gasteiger partial charge in [-0.2, -0.15) is 0 Å². The maximum atomic E-state index is 13.3. The number of hydrogen-bond acceptors (Lipinski definition) is 3. The van der Waals surface area contributed by atoms with Gasteiger partial charge < -0.3 is 10.6 Å². The SMILES string of the molecule is CCNC(=NCc1ccc(F)c(C)c1)NCCS(=O)(=O)N(CC)CC. The van der Waals surface area contributed by atoms with E-state index in [0.717, 1.165) is 5.56 Å². The number of sulfonamides is 1. The Morgan fingerprint density at radius 2 is 1.88 bits per heavy atom. The largest absolute Gasteiger partial charge is 0.357 e. The molecule has 0 saturated carbocycles. The molecule has 8 heteroatoms. The number of nitrogens with zero attached hydrogens (tertiary/aromatic N) is 2. The quantitative estimate of drug-likeness (QED) is 0.513. The second kappa shape index (κ2) is 10.4. The molecule has 0 fully saturated rings. The summed E-state index contributed by atoms with van der Waals surface area (Å²) in [5.41, 5.74) is 1.47.